The van der Waals surface area contributed by atoms with E-state index in [9.17, 15) is 0 Å². The highest BCUT2D eigenvalue weighted by Gasteiger charge is 2.01. The van der Waals surface area contributed by atoms with Crippen molar-refractivity contribution in [3.05, 3.63) is 421 Å². The van der Waals surface area contributed by atoms with Crippen molar-refractivity contribution in [2.75, 3.05) is 0 Å². The summed E-state index contributed by atoms with van der Waals surface area (Å²) in [4.78, 5) is 42.4. The molecule has 0 aliphatic heterocycles. The molecule has 10 aromatic heterocycles. The minimum absolute atomic E-state index is 1.07. The van der Waals surface area contributed by atoms with Crippen LogP contribution in [0.15, 0.2) is 365 Å². The van der Waals surface area contributed by atoms with Gasteiger partial charge in [-0.05, 0) is 216 Å². The van der Waals surface area contributed by atoms with Gasteiger partial charge in [-0.2, -0.15) is 0 Å². The van der Waals surface area contributed by atoms with Gasteiger partial charge in [0.15, 0.2) is 0 Å². The lowest BCUT2D eigenvalue weighted by molar-refractivity contribution is 1.22. The first-order chi connectivity index (χ1) is 53.7. The van der Waals surface area contributed by atoms with Gasteiger partial charge in [-0.3, -0.25) is 49.8 Å². The van der Waals surface area contributed by atoms with E-state index in [0.717, 1.165) is 55.7 Å². The topological polar surface area (TPSA) is 129 Å². The lowest BCUT2D eigenvalue weighted by Crippen LogP contribution is -1.80. The molecule has 20 aromatic rings. The van der Waals surface area contributed by atoms with Crippen LogP contribution in [0.2, 0.25) is 0 Å². The largest absolute Gasteiger partial charge is 0.264 e. The molecule has 0 saturated heterocycles. The quantitative estimate of drug-likeness (QED) is 0.145. The summed E-state index contributed by atoms with van der Waals surface area (Å²) in [5.41, 5.74) is 19.6. The second kappa shape index (κ2) is 39.6. The number of nitrogens with zero attached hydrogens (tertiary/aromatic N) is 10. The predicted molar refractivity (Wildman–Crippen MR) is 465 cm³/mol. The van der Waals surface area contributed by atoms with Crippen LogP contribution in [0, 0.1) is 69.2 Å². The Morgan fingerprint density at radius 1 is 0.191 bits per heavy atom. The Kier molecular flexibility index (Phi) is 27.9. The number of fused-ring (bicyclic) bond motifs is 10. The van der Waals surface area contributed by atoms with Gasteiger partial charge >= 0.3 is 0 Å². The molecule has 0 aliphatic rings. The normalized spacial score (nSPS) is 10.3. The van der Waals surface area contributed by atoms with Crippen molar-refractivity contribution in [2.24, 2.45) is 0 Å². The Bertz CT molecular complexity index is 5400. The Labute approximate surface area is 645 Å². The number of benzene rings is 10. The van der Waals surface area contributed by atoms with Gasteiger partial charge in [0, 0.05) is 133 Å². The molecule has 0 spiro atoms. The third kappa shape index (κ3) is 22.4. The SMILES string of the molecule is Cc1cc2ccccc2cn1.Cc1ccc2ccccc2n1.Cc1ccc2cccnc2c1.Cc1ccc2ncccc2c1.Cc1cccc2cccnc12.Cc1cccc2ncccc12.Cc1ccnc2ccccc12.Cc1cnc2ccccc2c1.Cc1cncc2ccccc12.Cc1nccc2ccccc12. The van der Waals surface area contributed by atoms with E-state index in [-0.39, 0.29) is 0 Å². The molecule has 0 N–H and O–H groups in total. The molecule has 0 bridgehead atoms. The minimum Gasteiger partial charge on any atom is -0.264 e. The molecule has 0 atom stereocenters. The molecule has 0 fully saturated rings. The Morgan fingerprint density at radius 2 is 0.664 bits per heavy atom. The first-order valence-corrected chi connectivity index (χ1v) is 36.8. The molecular formula is C100H90N10. The van der Waals surface area contributed by atoms with E-state index in [1.807, 2.05) is 228 Å². The van der Waals surface area contributed by atoms with Crippen molar-refractivity contribution in [3.8, 4) is 0 Å². The van der Waals surface area contributed by atoms with Gasteiger partial charge < -0.3 is 0 Å². The second-order valence-corrected chi connectivity index (χ2v) is 26.7. The molecule has 10 aromatic carbocycles. The third-order valence-electron chi connectivity index (χ3n) is 18.1. The van der Waals surface area contributed by atoms with Crippen LogP contribution < -0.4 is 0 Å². The van der Waals surface area contributed by atoms with E-state index >= 15 is 0 Å². The Balaban J connectivity index is 0.000000121. The highest BCUT2D eigenvalue weighted by atomic mass is 14.7. The third-order valence-corrected chi connectivity index (χ3v) is 18.1. The molecule has 540 valence electrons. The maximum atomic E-state index is 4.38. The summed E-state index contributed by atoms with van der Waals surface area (Å²) in [6.45, 7) is 20.6. The van der Waals surface area contributed by atoms with Gasteiger partial charge in [-0.25, -0.2) is 0 Å². The number of pyridine rings is 10. The smallest absolute Gasteiger partial charge is 0.0731 e. The van der Waals surface area contributed by atoms with Crippen LogP contribution in [0.4, 0.5) is 0 Å². The lowest BCUT2D eigenvalue weighted by Gasteiger charge is -1.98. The minimum atomic E-state index is 1.07. The van der Waals surface area contributed by atoms with Crippen molar-refractivity contribution in [3.63, 3.8) is 0 Å². The maximum absolute atomic E-state index is 4.38. The van der Waals surface area contributed by atoms with Crippen molar-refractivity contribution >= 4 is 109 Å². The van der Waals surface area contributed by atoms with E-state index in [1.54, 1.807) is 0 Å². The molecule has 20 rings (SSSR count). The number of rotatable bonds is 0. The summed E-state index contributed by atoms with van der Waals surface area (Å²) in [6, 6.07) is 103. The Hall–Kier alpha value is -13.7. The number of para-hydroxylation sites is 4. The molecular weight excluding hydrogens is 1340 g/mol. The van der Waals surface area contributed by atoms with Gasteiger partial charge in [0.05, 0.1) is 38.6 Å². The highest BCUT2D eigenvalue weighted by Crippen LogP contribution is 2.21. The molecule has 0 unspecified atom stereocenters. The van der Waals surface area contributed by atoms with Gasteiger partial charge in [0.25, 0.3) is 0 Å². The number of aryl methyl sites for hydroxylation is 10. The van der Waals surface area contributed by atoms with E-state index in [4.69, 9.17) is 0 Å². The van der Waals surface area contributed by atoms with Crippen molar-refractivity contribution in [1.29, 1.82) is 0 Å². The highest BCUT2D eigenvalue weighted by molar-refractivity contribution is 5.87. The van der Waals surface area contributed by atoms with E-state index < -0.39 is 0 Å². The standard InChI is InChI=1S/10C10H9N/c1-8-4-2-6-10-9(8)5-3-7-11-10;1-8-4-2-5-9-6-3-7-11-10(8)9;1-8-4-5-10-9(7-8)3-2-6-11-10;1-8-4-5-9-3-2-6-11-10(9)7-8;1-8-6-11-7-9-4-2-3-5-10(8)9;1-8-6-9-4-2-3-5-10(9)7-11-8;1-8-6-9-4-2-3-5-10(9)11-7-8;1-8-10-5-3-2-4-9(10)6-7-11-8;1-8-6-7-11-10-5-3-2-4-9(8)10;1-8-6-7-9-4-2-3-5-10(9)11-8/h10*2-7H,1H3. The van der Waals surface area contributed by atoms with Crippen LogP contribution in [0.3, 0.4) is 0 Å². The molecule has 10 nitrogen and oxygen atoms in total. The zero-order valence-electron chi connectivity index (χ0n) is 64.1. The van der Waals surface area contributed by atoms with Crippen LogP contribution in [-0.4, -0.2) is 49.8 Å². The van der Waals surface area contributed by atoms with Gasteiger partial charge in [-0.1, -0.05) is 212 Å². The average Bonchev–Trinajstić information content (AvgIpc) is 0.838. The van der Waals surface area contributed by atoms with Crippen molar-refractivity contribution in [1.82, 2.24) is 49.8 Å². The zero-order valence-corrected chi connectivity index (χ0v) is 64.1. The summed E-state index contributed by atoms with van der Waals surface area (Å²) in [7, 11) is 0. The number of aromatic nitrogens is 10. The molecule has 10 heterocycles. The number of hydrogen-bond donors (Lipinski definition) is 0. The summed E-state index contributed by atoms with van der Waals surface area (Å²) in [6.07, 6.45) is 18.6. The van der Waals surface area contributed by atoms with Crippen LogP contribution in [0.25, 0.3) is 109 Å². The van der Waals surface area contributed by atoms with Crippen molar-refractivity contribution < 1.29 is 0 Å². The Morgan fingerprint density at radius 3 is 1.39 bits per heavy atom. The maximum Gasteiger partial charge on any atom is 0.0731 e. The molecule has 10 heteroatoms. The van der Waals surface area contributed by atoms with Gasteiger partial charge in [0.2, 0.25) is 0 Å². The van der Waals surface area contributed by atoms with E-state index in [1.165, 1.54) is 109 Å². The lowest BCUT2D eigenvalue weighted by atomic mass is 10.1. The van der Waals surface area contributed by atoms with E-state index in [2.05, 4.69) is 256 Å². The predicted octanol–water partition coefficient (Wildman–Crippen LogP) is 25.4. The first-order valence-electron chi connectivity index (χ1n) is 36.8. The monoisotopic (exact) mass is 1430 g/mol. The van der Waals surface area contributed by atoms with Crippen molar-refractivity contribution in [2.45, 2.75) is 69.2 Å². The van der Waals surface area contributed by atoms with E-state index in [0.29, 0.717) is 0 Å². The molecule has 0 aliphatic carbocycles. The van der Waals surface area contributed by atoms with Crippen LogP contribution in [-0.2, 0) is 0 Å². The number of hydrogen-bond acceptors (Lipinski definition) is 10. The van der Waals surface area contributed by atoms with Gasteiger partial charge in [0.1, 0.15) is 0 Å². The van der Waals surface area contributed by atoms with Crippen LogP contribution >= 0.6 is 0 Å². The molecule has 0 radical (unpaired) electrons. The molecule has 110 heavy (non-hydrogen) atoms. The zero-order chi connectivity index (χ0) is 76.8. The molecule has 0 amide bonds. The summed E-state index contributed by atoms with van der Waals surface area (Å²) in [5.74, 6) is 0. The fourth-order valence-electron chi connectivity index (χ4n) is 12.2. The summed E-state index contributed by atoms with van der Waals surface area (Å²) >= 11 is 0. The summed E-state index contributed by atoms with van der Waals surface area (Å²) < 4.78 is 0. The fourth-order valence-corrected chi connectivity index (χ4v) is 12.2. The average molecular weight is 1430 g/mol. The van der Waals surface area contributed by atoms with Crippen LogP contribution in [0.1, 0.15) is 56.0 Å². The fraction of sp³-hybridized carbons (Fsp3) is 0.100. The summed E-state index contributed by atoms with van der Waals surface area (Å²) in [5, 5.41) is 16.0. The molecule has 0 saturated carbocycles. The first kappa shape index (κ1) is 77.4. The van der Waals surface area contributed by atoms with Crippen LogP contribution in [0.5, 0.6) is 0 Å². The van der Waals surface area contributed by atoms with Gasteiger partial charge in [-0.15, -0.1) is 0 Å². The second-order valence-electron chi connectivity index (χ2n) is 26.7.